The first kappa shape index (κ1) is 23.1. The SMILES string of the molecule is CCC(=NC(C)C(=O)N[C@@H](C)c1ccccc1)N/C=C(C)/C=C/C(=O)N(C)O. The first-order chi connectivity index (χ1) is 13.2. The van der Waals surface area contributed by atoms with E-state index in [0.717, 1.165) is 11.1 Å². The number of amidine groups is 1. The molecule has 0 fully saturated rings. The molecule has 152 valence electrons. The minimum Gasteiger partial charge on any atom is -0.350 e. The van der Waals surface area contributed by atoms with Crippen molar-refractivity contribution in [3.8, 4) is 0 Å². The maximum absolute atomic E-state index is 12.4. The third-order valence-corrected chi connectivity index (χ3v) is 4.00. The number of nitrogens with one attached hydrogen (secondary N) is 2. The lowest BCUT2D eigenvalue weighted by Gasteiger charge is -2.17. The molecule has 0 radical (unpaired) electrons. The smallest absolute Gasteiger partial charge is 0.269 e. The van der Waals surface area contributed by atoms with Crippen molar-refractivity contribution in [2.45, 2.75) is 46.2 Å². The van der Waals surface area contributed by atoms with Crippen LogP contribution in [0.25, 0.3) is 0 Å². The van der Waals surface area contributed by atoms with Crippen molar-refractivity contribution in [1.29, 1.82) is 0 Å². The van der Waals surface area contributed by atoms with Crippen LogP contribution in [0.2, 0.25) is 0 Å². The quantitative estimate of drug-likeness (QED) is 0.160. The molecule has 0 aliphatic carbocycles. The predicted molar refractivity (Wildman–Crippen MR) is 111 cm³/mol. The van der Waals surface area contributed by atoms with E-state index in [4.69, 9.17) is 5.21 Å². The van der Waals surface area contributed by atoms with E-state index in [1.54, 1.807) is 26.1 Å². The van der Waals surface area contributed by atoms with Crippen molar-refractivity contribution >= 4 is 17.6 Å². The number of hydrogen-bond acceptors (Lipinski definition) is 4. The van der Waals surface area contributed by atoms with Gasteiger partial charge in [-0.1, -0.05) is 43.3 Å². The lowest BCUT2D eigenvalue weighted by molar-refractivity contribution is -0.153. The average molecular weight is 386 g/mol. The minimum absolute atomic E-state index is 0.0983. The van der Waals surface area contributed by atoms with Crippen LogP contribution in [-0.2, 0) is 9.59 Å². The van der Waals surface area contributed by atoms with E-state index in [9.17, 15) is 9.59 Å². The van der Waals surface area contributed by atoms with Gasteiger partial charge in [0, 0.05) is 25.7 Å². The van der Waals surface area contributed by atoms with E-state index < -0.39 is 11.9 Å². The van der Waals surface area contributed by atoms with Gasteiger partial charge in [0.25, 0.3) is 5.91 Å². The number of carbonyl (C=O) groups excluding carboxylic acids is 2. The number of hydroxylamine groups is 2. The number of hydrogen-bond donors (Lipinski definition) is 3. The van der Waals surface area contributed by atoms with Crippen LogP contribution in [0.3, 0.4) is 0 Å². The molecule has 2 atom stereocenters. The molecule has 0 aliphatic rings. The summed E-state index contributed by atoms with van der Waals surface area (Å²) >= 11 is 0. The first-order valence-corrected chi connectivity index (χ1v) is 9.24. The fourth-order valence-corrected chi connectivity index (χ4v) is 2.24. The van der Waals surface area contributed by atoms with E-state index in [0.29, 0.717) is 17.3 Å². The van der Waals surface area contributed by atoms with Gasteiger partial charge >= 0.3 is 0 Å². The van der Waals surface area contributed by atoms with E-state index in [-0.39, 0.29) is 11.9 Å². The van der Waals surface area contributed by atoms with Crippen LogP contribution >= 0.6 is 0 Å². The molecule has 0 saturated heterocycles. The highest BCUT2D eigenvalue weighted by molar-refractivity contribution is 5.89. The Morgan fingerprint density at radius 3 is 2.43 bits per heavy atom. The molecule has 0 bridgehead atoms. The molecule has 7 nitrogen and oxygen atoms in total. The summed E-state index contributed by atoms with van der Waals surface area (Å²) in [5.41, 5.74) is 1.81. The molecule has 1 unspecified atom stereocenters. The Bertz CT molecular complexity index is 739. The van der Waals surface area contributed by atoms with Crippen molar-refractivity contribution in [1.82, 2.24) is 15.7 Å². The van der Waals surface area contributed by atoms with Crippen LogP contribution in [0.15, 0.2) is 59.2 Å². The fourth-order valence-electron chi connectivity index (χ4n) is 2.24. The summed E-state index contributed by atoms with van der Waals surface area (Å²) in [7, 11) is 1.26. The molecule has 28 heavy (non-hydrogen) atoms. The topological polar surface area (TPSA) is 94.0 Å². The molecule has 1 rings (SSSR count). The number of nitrogens with zero attached hydrogens (tertiary/aromatic N) is 2. The molecule has 1 aromatic rings. The number of carbonyl (C=O) groups is 2. The number of aliphatic imine (C=N–C) groups is 1. The van der Waals surface area contributed by atoms with Gasteiger partial charge in [0.2, 0.25) is 5.91 Å². The maximum Gasteiger partial charge on any atom is 0.269 e. The second-order valence-corrected chi connectivity index (χ2v) is 6.47. The molecular formula is C21H30N4O3. The average Bonchev–Trinajstić information content (AvgIpc) is 2.69. The second kappa shape index (κ2) is 11.7. The number of amides is 2. The molecule has 0 aromatic heterocycles. The largest absolute Gasteiger partial charge is 0.350 e. The van der Waals surface area contributed by atoms with Crippen molar-refractivity contribution < 1.29 is 14.8 Å². The standard InChI is InChI=1S/C21H30N4O3/c1-6-19(22-14-15(2)12-13-20(26)25(5)28)23-17(4)21(27)24-16(3)18-10-8-7-9-11-18/h7-14,16-17,28H,6H2,1-5H3,(H,22,23)(H,24,27)/b13-12+,15-14+/t16-,17?/m0/s1. The van der Waals surface area contributed by atoms with Crippen molar-refractivity contribution in [3.05, 3.63) is 59.8 Å². The van der Waals surface area contributed by atoms with Gasteiger partial charge in [-0.3, -0.25) is 19.8 Å². The molecular weight excluding hydrogens is 356 g/mol. The highest BCUT2D eigenvalue weighted by Crippen LogP contribution is 2.11. The highest BCUT2D eigenvalue weighted by atomic mass is 16.5. The van der Waals surface area contributed by atoms with Gasteiger partial charge in [0.05, 0.1) is 6.04 Å². The summed E-state index contributed by atoms with van der Waals surface area (Å²) in [5, 5.41) is 15.6. The van der Waals surface area contributed by atoms with E-state index >= 15 is 0 Å². The van der Waals surface area contributed by atoms with Gasteiger partial charge in [-0.2, -0.15) is 0 Å². The van der Waals surface area contributed by atoms with Crippen molar-refractivity contribution in [2.75, 3.05) is 7.05 Å². The highest BCUT2D eigenvalue weighted by Gasteiger charge is 2.15. The van der Waals surface area contributed by atoms with Gasteiger partial charge in [-0.25, -0.2) is 5.06 Å². The van der Waals surface area contributed by atoms with Crippen LogP contribution in [0.1, 0.15) is 45.7 Å². The Labute approximate surface area is 166 Å². The molecule has 1 aromatic carbocycles. The molecule has 0 aliphatic heterocycles. The zero-order chi connectivity index (χ0) is 21.1. The maximum atomic E-state index is 12.4. The van der Waals surface area contributed by atoms with Crippen LogP contribution in [-0.4, -0.2) is 41.0 Å². The number of rotatable bonds is 8. The Morgan fingerprint density at radius 2 is 1.86 bits per heavy atom. The Kier molecular flexibility index (Phi) is 9.67. The summed E-state index contributed by atoms with van der Waals surface area (Å²) in [5.74, 6) is -0.00962. The number of allylic oxidation sites excluding steroid dienone is 2. The molecule has 2 amide bonds. The molecule has 7 heteroatoms. The molecule has 0 heterocycles. The first-order valence-electron chi connectivity index (χ1n) is 9.24. The van der Waals surface area contributed by atoms with Gasteiger partial charge in [0.15, 0.2) is 0 Å². The van der Waals surface area contributed by atoms with Crippen LogP contribution in [0.4, 0.5) is 0 Å². The van der Waals surface area contributed by atoms with Gasteiger partial charge in [0.1, 0.15) is 11.9 Å². The lowest BCUT2D eigenvalue weighted by Crippen LogP contribution is -2.35. The van der Waals surface area contributed by atoms with Gasteiger partial charge < -0.3 is 10.6 Å². The van der Waals surface area contributed by atoms with Crippen LogP contribution in [0.5, 0.6) is 0 Å². The summed E-state index contributed by atoms with van der Waals surface area (Å²) in [6, 6.07) is 9.12. The Morgan fingerprint density at radius 1 is 1.21 bits per heavy atom. The van der Waals surface area contributed by atoms with E-state index in [1.807, 2.05) is 44.2 Å². The van der Waals surface area contributed by atoms with Gasteiger partial charge in [-0.15, -0.1) is 0 Å². The minimum atomic E-state index is -0.539. The summed E-state index contributed by atoms with van der Waals surface area (Å²) in [6.45, 7) is 7.42. The van der Waals surface area contributed by atoms with E-state index in [2.05, 4.69) is 15.6 Å². The van der Waals surface area contributed by atoms with Gasteiger partial charge in [-0.05, 0) is 31.9 Å². The van der Waals surface area contributed by atoms with Crippen LogP contribution < -0.4 is 10.6 Å². The summed E-state index contributed by atoms with van der Waals surface area (Å²) in [6.07, 6.45) is 5.16. The van der Waals surface area contributed by atoms with Crippen molar-refractivity contribution in [3.63, 3.8) is 0 Å². The molecule has 0 spiro atoms. The third kappa shape index (κ3) is 8.18. The summed E-state index contributed by atoms with van der Waals surface area (Å²) < 4.78 is 0. The number of benzene rings is 1. The van der Waals surface area contributed by atoms with Crippen LogP contribution in [0, 0.1) is 0 Å². The third-order valence-electron chi connectivity index (χ3n) is 4.00. The van der Waals surface area contributed by atoms with Crippen molar-refractivity contribution in [2.24, 2.45) is 4.99 Å². The Balaban J connectivity index is 2.67. The lowest BCUT2D eigenvalue weighted by atomic mass is 10.1. The number of likely N-dealkylation sites (N-methyl/N-ethyl adjacent to an activating group) is 1. The second-order valence-electron chi connectivity index (χ2n) is 6.47. The monoisotopic (exact) mass is 386 g/mol. The zero-order valence-corrected chi connectivity index (χ0v) is 17.1. The Hall–Kier alpha value is -2.93. The van der Waals surface area contributed by atoms with E-state index in [1.165, 1.54) is 13.1 Å². The normalized spacial score (nSPS) is 14.5. The fraction of sp³-hybridized carbons (Fsp3) is 0.381. The predicted octanol–water partition coefficient (Wildman–Crippen LogP) is 2.96. The molecule has 0 saturated carbocycles. The summed E-state index contributed by atoms with van der Waals surface area (Å²) in [4.78, 5) is 28.2. The molecule has 3 N–H and O–H groups in total. The zero-order valence-electron chi connectivity index (χ0n) is 17.1.